The van der Waals surface area contributed by atoms with E-state index in [1.165, 1.54) is 25.7 Å². The molecule has 96 valence electrons. The van der Waals surface area contributed by atoms with Crippen molar-refractivity contribution in [3.8, 4) is 0 Å². The normalized spacial score (nSPS) is 18.7. The van der Waals surface area contributed by atoms with Gasteiger partial charge in [-0.15, -0.1) is 5.10 Å². The van der Waals surface area contributed by atoms with Gasteiger partial charge in [0.25, 0.3) is 0 Å². The third-order valence-electron chi connectivity index (χ3n) is 3.64. The van der Waals surface area contributed by atoms with E-state index in [2.05, 4.69) is 15.1 Å². The summed E-state index contributed by atoms with van der Waals surface area (Å²) in [6, 6.07) is 1.79. The molecule has 5 nitrogen and oxygen atoms in total. The van der Waals surface area contributed by atoms with Crippen molar-refractivity contribution in [1.29, 1.82) is 5.41 Å². The predicted molar refractivity (Wildman–Crippen MR) is 70.7 cm³/mol. The predicted octanol–water partition coefficient (Wildman–Crippen LogP) is 1.39. The highest BCUT2D eigenvalue weighted by Crippen LogP contribution is 2.35. The first-order valence-electron chi connectivity index (χ1n) is 6.65. The number of amidine groups is 1. The number of nitrogens with two attached hydrogens (primary N) is 1. The number of nitrogen functional groups attached to an aromatic ring is 1. The summed E-state index contributed by atoms with van der Waals surface area (Å²) in [6.45, 7) is 2.07. The largest absolute Gasteiger partial charge is 0.384 e. The first-order valence-corrected chi connectivity index (χ1v) is 6.65. The van der Waals surface area contributed by atoms with E-state index < -0.39 is 0 Å². The van der Waals surface area contributed by atoms with E-state index in [-0.39, 0.29) is 5.84 Å². The molecule has 0 aliphatic heterocycles. The molecule has 3 N–H and O–H groups in total. The Morgan fingerprint density at radius 2 is 1.89 bits per heavy atom. The number of anilines is 1. The van der Waals surface area contributed by atoms with Crippen LogP contribution in [-0.4, -0.2) is 29.1 Å². The zero-order valence-electron chi connectivity index (χ0n) is 10.5. The number of hydrogen-bond acceptors (Lipinski definition) is 4. The molecule has 1 aromatic rings. The van der Waals surface area contributed by atoms with Crippen molar-refractivity contribution in [2.45, 2.75) is 25.7 Å². The lowest BCUT2D eigenvalue weighted by Gasteiger charge is -2.24. The van der Waals surface area contributed by atoms with Gasteiger partial charge in [-0.3, -0.25) is 5.41 Å². The zero-order valence-corrected chi connectivity index (χ0v) is 10.5. The van der Waals surface area contributed by atoms with E-state index >= 15 is 0 Å². The van der Waals surface area contributed by atoms with Gasteiger partial charge in [0.1, 0.15) is 5.84 Å². The molecule has 2 saturated carbocycles. The molecule has 0 bridgehead atoms. The minimum atomic E-state index is 0.0801. The van der Waals surface area contributed by atoms with Gasteiger partial charge in [-0.2, -0.15) is 5.10 Å². The Hall–Kier alpha value is -1.65. The average Bonchev–Trinajstić information content (AvgIpc) is 3.23. The summed E-state index contributed by atoms with van der Waals surface area (Å²) in [5.41, 5.74) is 6.35. The summed E-state index contributed by atoms with van der Waals surface area (Å²) in [5.74, 6) is 2.47. The molecule has 0 amide bonds. The molecule has 0 spiro atoms. The summed E-state index contributed by atoms with van der Waals surface area (Å²) in [5, 5.41) is 15.8. The highest BCUT2D eigenvalue weighted by atomic mass is 15.3. The van der Waals surface area contributed by atoms with Crippen molar-refractivity contribution in [2.24, 2.45) is 17.6 Å². The lowest BCUT2D eigenvalue weighted by Crippen LogP contribution is -2.31. The van der Waals surface area contributed by atoms with Gasteiger partial charge in [-0.05, 0) is 43.6 Å². The molecule has 2 fully saturated rings. The maximum atomic E-state index is 7.65. The SMILES string of the molecule is N=C(N)c1ccnnc1N(CC1CC1)CC1CC1. The molecule has 2 aliphatic rings. The second-order valence-corrected chi connectivity index (χ2v) is 5.47. The molecular formula is C13H19N5. The van der Waals surface area contributed by atoms with Crippen molar-refractivity contribution in [1.82, 2.24) is 10.2 Å². The van der Waals surface area contributed by atoms with E-state index in [0.29, 0.717) is 5.56 Å². The second-order valence-electron chi connectivity index (χ2n) is 5.47. The van der Waals surface area contributed by atoms with Crippen molar-refractivity contribution in [3.63, 3.8) is 0 Å². The number of hydrogen-bond donors (Lipinski definition) is 2. The van der Waals surface area contributed by atoms with Crippen LogP contribution in [0, 0.1) is 17.2 Å². The van der Waals surface area contributed by atoms with Crippen LogP contribution in [-0.2, 0) is 0 Å². The van der Waals surface area contributed by atoms with Crippen LogP contribution in [0.3, 0.4) is 0 Å². The Morgan fingerprint density at radius 3 is 2.39 bits per heavy atom. The molecule has 0 unspecified atom stereocenters. The highest BCUT2D eigenvalue weighted by molar-refractivity contribution is 5.99. The number of nitrogens with one attached hydrogen (secondary N) is 1. The van der Waals surface area contributed by atoms with Crippen LogP contribution in [0.25, 0.3) is 0 Å². The summed E-state index contributed by atoms with van der Waals surface area (Å²) < 4.78 is 0. The van der Waals surface area contributed by atoms with E-state index in [9.17, 15) is 0 Å². The topological polar surface area (TPSA) is 78.9 Å². The lowest BCUT2D eigenvalue weighted by atomic mass is 10.2. The number of nitrogens with zero attached hydrogens (tertiary/aromatic N) is 3. The van der Waals surface area contributed by atoms with Crippen LogP contribution < -0.4 is 10.6 Å². The molecule has 0 atom stereocenters. The quantitative estimate of drug-likeness (QED) is 0.586. The molecule has 18 heavy (non-hydrogen) atoms. The summed E-state index contributed by atoms with van der Waals surface area (Å²) >= 11 is 0. The minimum Gasteiger partial charge on any atom is -0.384 e. The Kier molecular flexibility index (Phi) is 2.89. The van der Waals surface area contributed by atoms with Gasteiger partial charge in [0.05, 0.1) is 11.8 Å². The highest BCUT2D eigenvalue weighted by Gasteiger charge is 2.31. The monoisotopic (exact) mass is 245 g/mol. The molecule has 0 saturated heterocycles. The fourth-order valence-electron chi connectivity index (χ4n) is 2.24. The van der Waals surface area contributed by atoms with Gasteiger partial charge in [0.2, 0.25) is 0 Å². The van der Waals surface area contributed by atoms with Crippen molar-refractivity contribution in [3.05, 3.63) is 17.8 Å². The van der Waals surface area contributed by atoms with Crippen molar-refractivity contribution >= 4 is 11.7 Å². The Morgan fingerprint density at radius 1 is 1.28 bits per heavy atom. The standard InChI is InChI=1S/C13H19N5/c14-12(15)11-5-6-16-17-13(11)18(7-9-1-2-9)8-10-3-4-10/h5-6,9-10H,1-4,7-8H2,(H3,14,15). The Labute approximate surface area is 107 Å². The van der Waals surface area contributed by atoms with Crippen LogP contribution in [0.15, 0.2) is 12.3 Å². The fraction of sp³-hybridized carbons (Fsp3) is 0.615. The van der Waals surface area contributed by atoms with Crippen LogP contribution in [0.5, 0.6) is 0 Å². The molecule has 3 rings (SSSR count). The maximum absolute atomic E-state index is 7.65. The van der Waals surface area contributed by atoms with Gasteiger partial charge in [-0.1, -0.05) is 0 Å². The molecule has 1 heterocycles. The number of aromatic nitrogens is 2. The van der Waals surface area contributed by atoms with E-state index in [4.69, 9.17) is 11.1 Å². The molecular weight excluding hydrogens is 226 g/mol. The van der Waals surface area contributed by atoms with Gasteiger partial charge in [-0.25, -0.2) is 0 Å². The molecule has 1 aromatic heterocycles. The Bertz CT molecular complexity index is 436. The van der Waals surface area contributed by atoms with Crippen molar-refractivity contribution in [2.75, 3.05) is 18.0 Å². The molecule has 5 heteroatoms. The maximum Gasteiger partial charge on any atom is 0.162 e. The van der Waals surface area contributed by atoms with Gasteiger partial charge >= 0.3 is 0 Å². The van der Waals surface area contributed by atoms with Gasteiger partial charge in [0, 0.05) is 13.1 Å². The van der Waals surface area contributed by atoms with Crippen molar-refractivity contribution < 1.29 is 0 Å². The molecule has 0 aromatic carbocycles. The zero-order chi connectivity index (χ0) is 12.5. The average molecular weight is 245 g/mol. The smallest absolute Gasteiger partial charge is 0.162 e. The third-order valence-corrected chi connectivity index (χ3v) is 3.64. The van der Waals surface area contributed by atoms with E-state index in [1.807, 2.05) is 0 Å². The van der Waals surface area contributed by atoms with E-state index in [0.717, 1.165) is 30.7 Å². The van der Waals surface area contributed by atoms with E-state index in [1.54, 1.807) is 12.3 Å². The fourth-order valence-corrected chi connectivity index (χ4v) is 2.24. The minimum absolute atomic E-state index is 0.0801. The third kappa shape index (κ3) is 2.60. The lowest BCUT2D eigenvalue weighted by molar-refractivity contribution is 0.665. The molecule has 0 radical (unpaired) electrons. The first kappa shape index (κ1) is 11.4. The second kappa shape index (κ2) is 4.55. The molecule has 2 aliphatic carbocycles. The Balaban J connectivity index is 1.84. The van der Waals surface area contributed by atoms with Gasteiger partial charge in [0.15, 0.2) is 5.82 Å². The first-order chi connectivity index (χ1) is 8.74. The van der Waals surface area contributed by atoms with Crippen LogP contribution in [0.2, 0.25) is 0 Å². The number of rotatable bonds is 6. The summed E-state index contributed by atoms with van der Waals surface area (Å²) in [6.07, 6.45) is 6.87. The summed E-state index contributed by atoms with van der Waals surface area (Å²) in [7, 11) is 0. The van der Waals surface area contributed by atoms with Crippen LogP contribution >= 0.6 is 0 Å². The van der Waals surface area contributed by atoms with Crippen LogP contribution in [0.1, 0.15) is 31.2 Å². The van der Waals surface area contributed by atoms with Crippen LogP contribution in [0.4, 0.5) is 5.82 Å². The van der Waals surface area contributed by atoms with Gasteiger partial charge < -0.3 is 10.6 Å². The summed E-state index contributed by atoms with van der Waals surface area (Å²) in [4.78, 5) is 2.29.